The fraction of sp³-hybridized carbons (Fsp3) is 0.938. The highest BCUT2D eigenvalue weighted by molar-refractivity contribution is 5.70. The van der Waals surface area contributed by atoms with E-state index in [1.54, 1.807) is 0 Å². The van der Waals surface area contributed by atoms with Crippen LogP contribution in [0.1, 0.15) is 65.2 Å². The minimum atomic E-state index is -0.817. The zero-order valence-electron chi connectivity index (χ0n) is 12.9. The molecule has 0 saturated heterocycles. The van der Waals surface area contributed by atoms with E-state index >= 15 is 0 Å². The Morgan fingerprint density at radius 1 is 1.20 bits per heavy atom. The number of nitrogens with two attached hydrogens (primary N) is 1. The van der Waals surface area contributed by atoms with Gasteiger partial charge in [-0.05, 0) is 31.1 Å². The van der Waals surface area contributed by atoms with Crippen LogP contribution in [0, 0.1) is 17.8 Å². The summed E-state index contributed by atoms with van der Waals surface area (Å²) in [6.07, 6.45) is 7.25. The number of carboxylic acid groups (broad SMARTS) is 1. The Hall–Kier alpha value is -0.610. The molecule has 118 valence electrons. The molecule has 20 heavy (non-hydrogen) atoms. The predicted molar refractivity (Wildman–Crippen MR) is 80.4 cm³/mol. The lowest BCUT2D eigenvalue weighted by atomic mass is 9.82. The molecule has 0 aromatic carbocycles. The largest absolute Gasteiger partial charge is 0.481 e. The van der Waals surface area contributed by atoms with Gasteiger partial charge in [0, 0.05) is 6.04 Å². The summed E-state index contributed by atoms with van der Waals surface area (Å²) in [4.78, 5) is 11.2. The van der Waals surface area contributed by atoms with Gasteiger partial charge in [-0.1, -0.05) is 46.0 Å². The molecule has 0 unspecified atom stereocenters. The first kappa shape index (κ1) is 17.4. The Labute approximate surface area is 122 Å². The van der Waals surface area contributed by atoms with Crippen molar-refractivity contribution in [3.05, 3.63) is 0 Å². The van der Waals surface area contributed by atoms with E-state index in [0.29, 0.717) is 18.3 Å². The molecule has 0 amide bonds. The molecule has 0 bridgehead atoms. The van der Waals surface area contributed by atoms with E-state index in [1.807, 2.05) is 13.8 Å². The zero-order valence-corrected chi connectivity index (χ0v) is 12.9. The van der Waals surface area contributed by atoms with E-state index in [2.05, 4.69) is 0 Å². The van der Waals surface area contributed by atoms with Crippen molar-refractivity contribution >= 4 is 5.97 Å². The third-order valence-corrected chi connectivity index (χ3v) is 4.46. The maximum absolute atomic E-state index is 11.2. The molecular weight excluding hydrogens is 254 g/mol. The first-order valence-corrected chi connectivity index (χ1v) is 8.06. The topological polar surface area (TPSA) is 83.5 Å². The third kappa shape index (κ3) is 6.23. The minimum Gasteiger partial charge on any atom is -0.481 e. The van der Waals surface area contributed by atoms with Gasteiger partial charge in [0.2, 0.25) is 0 Å². The Balaban J connectivity index is 2.41. The number of hydrogen-bond acceptors (Lipinski definition) is 3. The normalized spacial score (nSPS) is 21.6. The molecule has 4 heteroatoms. The van der Waals surface area contributed by atoms with Gasteiger partial charge in [-0.2, -0.15) is 0 Å². The van der Waals surface area contributed by atoms with Gasteiger partial charge < -0.3 is 15.9 Å². The molecule has 1 aliphatic carbocycles. The van der Waals surface area contributed by atoms with Crippen molar-refractivity contribution in [1.82, 2.24) is 0 Å². The predicted octanol–water partition coefficient (Wildman–Crippen LogP) is 2.78. The minimum absolute atomic E-state index is 0.279. The second kappa shape index (κ2) is 8.63. The van der Waals surface area contributed by atoms with Crippen LogP contribution in [0.3, 0.4) is 0 Å². The van der Waals surface area contributed by atoms with Crippen LogP contribution in [-0.2, 0) is 4.79 Å². The van der Waals surface area contributed by atoms with Crippen LogP contribution in [0.5, 0.6) is 0 Å². The summed E-state index contributed by atoms with van der Waals surface area (Å²) in [5, 5.41) is 19.4. The molecule has 0 spiro atoms. The first-order valence-electron chi connectivity index (χ1n) is 8.06. The van der Waals surface area contributed by atoms with Crippen molar-refractivity contribution in [2.75, 3.05) is 0 Å². The average Bonchev–Trinajstić information content (AvgIpc) is 2.38. The second-order valence-corrected chi connectivity index (χ2v) is 6.87. The Morgan fingerprint density at radius 2 is 1.80 bits per heavy atom. The van der Waals surface area contributed by atoms with Crippen molar-refractivity contribution < 1.29 is 15.0 Å². The van der Waals surface area contributed by atoms with E-state index in [-0.39, 0.29) is 12.5 Å². The van der Waals surface area contributed by atoms with Gasteiger partial charge in [0.15, 0.2) is 0 Å². The summed E-state index contributed by atoms with van der Waals surface area (Å²) in [6, 6.07) is -0.285. The van der Waals surface area contributed by atoms with Crippen molar-refractivity contribution in [3.8, 4) is 0 Å². The first-order chi connectivity index (χ1) is 9.40. The lowest BCUT2D eigenvalue weighted by Gasteiger charge is -2.28. The van der Waals surface area contributed by atoms with Crippen LogP contribution in [0.4, 0.5) is 0 Å². The molecule has 0 aromatic heterocycles. The molecule has 4 nitrogen and oxygen atoms in total. The van der Waals surface area contributed by atoms with Crippen LogP contribution in [0.15, 0.2) is 0 Å². The highest BCUT2D eigenvalue weighted by Gasteiger charge is 2.27. The lowest BCUT2D eigenvalue weighted by molar-refractivity contribution is -0.143. The molecule has 0 aliphatic heterocycles. The monoisotopic (exact) mass is 285 g/mol. The molecule has 4 N–H and O–H groups in total. The van der Waals surface area contributed by atoms with Gasteiger partial charge >= 0.3 is 5.97 Å². The SMILES string of the molecule is CC(C)C[C@@H](C[C@H](O)[C@@H](N)CC1CCCCC1)C(=O)O. The van der Waals surface area contributed by atoms with Gasteiger partial charge in [0.1, 0.15) is 0 Å². The molecule has 1 aliphatic rings. The van der Waals surface area contributed by atoms with Gasteiger partial charge in [-0.25, -0.2) is 0 Å². The van der Waals surface area contributed by atoms with Gasteiger partial charge in [0.05, 0.1) is 12.0 Å². The number of aliphatic carboxylic acids is 1. The molecule has 3 atom stereocenters. The van der Waals surface area contributed by atoms with Crippen molar-refractivity contribution in [1.29, 1.82) is 0 Å². The quantitative estimate of drug-likeness (QED) is 0.640. The summed E-state index contributed by atoms with van der Waals surface area (Å²) < 4.78 is 0. The van der Waals surface area contributed by atoms with E-state index in [9.17, 15) is 15.0 Å². The van der Waals surface area contributed by atoms with Gasteiger partial charge in [-0.15, -0.1) is 0 Å². The third-order valence-electron chi connectivity index (χ3n) is 4.46. The van der Waals surface area contributed by atoms with Gasteiger partial charge in [0.25, 0.3) is 0 Å². The summed E-state index contributed by atoms with van der Waals surface area (Å²) in [7, 11) is 0. The molecule has 0 heterocycles. The average molecular weight is 285 g/mol. The van der Waals surface area contributed by atoms with E-state index in [0.717, 1.165) is 6.42 Å². The molecule has 1 rings (SSSR count). The molecular formula is C16H31NO3. The van der Waals surface area contributed by atoms with Crippen LogP contribution in [0.2, 0.25) is 0 Å². The summed E-state index contributed by atoms with van der Waals surface area (Å²) in [6.45, 7) is 4.01. The van der Waals surface area contributed by atoms with Crippen molar-refractivity contribution in [2.24, 2.45) is 23.5 Å². The van der Waals surface area contributed by atoms with E-state index in [1.165, 1.54) is 32.1 Å². The summed E-state index contributed by atoms with van der Waals surface area (Å²) in [5.74, 6) is -0.371. The summed E-state index contributed by atoms with van der Waals surface area (Å²) in [5.41, 5.74) is 6.08. The number of aliphatic hydroxyl groups excluding tert-OH is 1. The highest BCUT2D eigenvalue weighted by Crippen LogP contribution is 2.28. The number of carboxylic acids is 1. The van der Waals surface area contributed by atoms with E-state index in [4.69, 9.17) is 5.73 Å². The van der Waals surface area contributed by atoms with Crippen LogP contribution in [0.25, 0.3) is 0 Å². The number of hydrogen-bond donors (Lipinski definition) is 3. The smallest absolute Gasteiger partial charge is 0.306 e. The van der Waals surface area contributed by atoms with Crippen LogP contribution < -0.4 is 5.73 Å². The Bertz CT molecular complexity index is 287. The number of carbonyl (C=O) groups is 1. The standard InChI is InChI=1S/C16H31NO3/c1-11(2)8-13(16(19)20)10-15(18)14(17)9-12-6-4-3-5-7-12/h11-15,18H,3-10,17H2,1-2H3,(H,19,20)/t13-,14-,15-/m0/s1. The molecule has 1 saturated carbocycles. The molecule has 0 radical (unpaired) electrons. The maximum Gasteiger partial charge on any atom is 0.306 e. The molecule has 0 aromatic rings. The fourth-order valence-electron chi connectivity index (χ4n) is 3.30. The lowest BCUT2D eigenvalue weighted by Crippen LogP contribution is -2.39. The Morgan fingerprint density at radius 3 is 2.30 bits per heavy atom. The van der Waals surface area contributed by atoms with Crippen LogP contribution in [-0.4, -0.2) is 28.3 Å². The van der Waals surface area contributed by atoms with E-state index < -0.39 is 18.0 Å². The summed E-state index contributed by atoms with van der Waals surface area (Å²) >= 11 is 0. The number of aliphatic hydroxyl groups is 1. The second-order valence-electron chi connectivity index (χ2n) is 6.87. The fourth-order valence-corrected chi connectivity index (χ4v) is 3.30. The van der Waals surface area contributed by atoms with Crippen molar-refractivity contribution in [3.63, 3.8) is 0 Å². The number of rotatable bonds is 8. The highest BCUT2D eigenvalue weighted by atomic mass is 16.4. The zero-order chi connectivity index (χ0) is 15.1. The van der Waals surface area contributed by atoms with Gasteiger partial charge in [-0.3, -0.25) is 4.79 Å². The maximum atomic E-state index is 11.2. The van der Waals surface area contributed by atoms with Crippen molar-refractivity contribution in [2.45, 2.75) is 77.4 Å². The molecule has 1 fully saturated rings. The Kier molecular flexibility index (Phi) is 7.52. The van der Waals surface area contributed by atoms with Crippen LogP contribution >= 0.6 is 0 Å².